The van der Waals surface area contributed by atoms with Gasteiger partial charge in [-0.05, 0) is 36.0 Å². The lowest BCUT2D eigenvalue weighted by atomic mass is 9.92. The molecule has 6 nitrogen and oxygen atoms in total. The van der Waals surface area contributed by atoms with Crippen molar-refractivity contribution in [3.63, 3.8) is 0 Å². The molecule has 0 aromatic heterocycles. The molecule has 0 saturated carbocycles. The van der Waals surface area contributed by atoms with Crippen LogP contribution >= 0.6 is 11.6 Å². The Labute approximate surface area is 159 Å². The van der Waals surface area contributed by atoms with E-state index >= 15 is 0 Å². The molecular formula is C19H27ClN2O4. The SMILES string of the molecule is CC(C)C[C@H](NC(=O)c1cc(NC(=O)CC(C)(C)C)ccc1Cl)C(=O)O. The summed E-state index contributed by atoms with van der Waals surface area (Å²) < 4.78 is 0. The van der Waals surface area contributed by atoms with Gasteiger partial charge in [-0.2, -0.15) is 0 Å². The minimum Gasteiger partial charge on any atom is -0.480 e. The van der Waals surface area contributed by atoms with Crippen LogP contribution in [0.4, 0.5) is 5.69 Å². The monoisotopic (exact) mass is 382 g/mol. The lowest BCUT2D eigenvalue weighted by molar-refractivity contribution is -0.139. The molecule has 0 spiro atoms. The van der Waals surface area contributed by atoms with Crippen molar-refractivity contribution in [1.82, 2.24) is 5.32 Å². The first-order valence-electron chi connectivity index (χ1n) is 8.52. The smallest absolute Gasteiger partial charge is 0.326 e. The number of carboxylic acid groups (broad SMARTS) is 1. The second-order valence-electron chi connectivity index (χ2n) is 7.97. The molecule has 0 aliphatic carbocycles. The van der Waals surface area contributed by atoms with E-state index in [0.717, 1.165) is 0 Å². The molecule has 144 valence electrons. The number of rotatable bonds is 7. The first-order chi connectivity index (χ1) is 11.9. The van der Waals surface area contributed by atoms with E-state index in [0.29, 0.717) is 18.5 Å². The summed E-state index contributed by atoms with van der Waals surface area (Å²) in [6.45, 7) is 9.61. The Balaban J connectivity index is 2.93. The van der Waals surface area contributed by atoms with Crippen LogP contribution in [0.5, 0.6) is 0 Å². The molecule has 1 atom stereocenters. The summed E-state index contributed by atoms with van der Waals surface area (Å²) in [6.07, 6.45) is 0.632. The fourth-order valence-corrected chi connectivity index (χ4v) is 2.60. The molecule has 0 radical (unpaired) electrons. The summed E-state index contributed by atoms with van der Waals surface area (Å²) in [7, 11) is 0. The van der Waals surface area contributed by atoms with Gasteiger partial charge in [0.05, 0.1) is 10.6 Å². The summed E-state index contributed by atoms with van der Waals surface area (Å²) >= 11 is 6.08. The third-order valence-electron chi connectivity index (χ3n) is 3.50. The average Bonchev–Trinajstić information content (AvgIpc) is 2.45. The number of benzene rings is 1. The van der Waals surface area contributed by atoms with E-state index in [-0.39, 0.29) is 27.8 Å². The van der Waals surface area contributed by atoms with E-state index in [2.05, 4.69) is 10.6 Å². The quantitative estimate of drug-likeness (QED) is 0.665. The zero-order valence-electron chi connectivity index (χ0n) is 15.9. The van der Waals surface area contributed by atoms with Gasteiger partial charge in [-0.1, -0.05) is 46.2 Å². The molecule has 0 heterocycles. The highest BCUT2D eigenvalue weighted by molar-refractivity contribution is 6.34. The number of anilines is 1. The Morgan fingerprint density at radius 2 is 1.81 bits per heavy atom. The Morgan fingerprint density at radius 1 is 1.19 bits per heavy atom. The van der Waals surface area contributed by atoms with Gasteiger partial charge in [0, 0.05) is 12.1 Å². The van der Waals surface area contributed by atoms with Crippen LogP contribution < -0.4 is 10.6 Å². The van der Waals surface area contributed by atoms with Crippen molar-refractivity contribution in [3.8, 4) is 0 Å². The molecule has 0 bridgehead atoms. The van der Waals surface area contributed by atoms with Crippen molar-refractivity contribution in [1.29, 1.82) is 0 Å². The van der Waals surface area contributed by atoms with E-state index in [9.17, 15) is 19.5 Å². The number of carboxylic acids is 1. The Hall–Kier alpha value is -2.08. The van der Waals surface area contributed by atoms with Crippen molar-refractivity contribution < 1.29 is 19.5 Å². The van der Waals surface area contributed by atoms with Gasteiger partial charge in [-0.15, -0.1) is 0 Å². The Kier molecular flexibility index (Phi) is 7.63. The largest absolute Gasteiger partial charge is 0.480 e. The molecule has 2 amide bonds. The second kappa shape index (κ2) is 9.03. The number of carbonyl (C=O) groups excluding carboxylic acids is 2. The van der Waals surface area contributed by atoms with Crippen LogP contribution in [0.2, 0.25) is 5.02 Å². The predicted octanol–water partition coefficient (Wildman–Crippen LogP) is 3.94. The summed E-state index contributed by atoms with van der Waals surface area (Å²) in [5, 5.41) is 14.7. The molecule has 0 fully saturated rings. The lowest BCUT2D eigenvalue weighted by Gasteiger charge is -2.18. The standard InChI is InChI=1S/C19H27ClN2O4/c1-11(2)8-15(18(25)26)22-17(24)13-9-12(6-7-14(13)20)21-16(23)10-19(3,4)5/h6-7,9,11,15H,8,10H2,1-5H3,(H,21,23)(H,22,24)(H,25,26)/t15-/m0/s1. The van der Waals surface area contributed by atoms with E-state index in [1.165, 1.54) is 12.1 Å². The maximum absolute atomic E-state index is 12.5. The van der Waals surface area contributed by atoms with E-state index in [4.69, 9.17) is 11.6 Å². The zero-order chi connectivity index (χ0) is 20.1. The minimum absolute atomic E-state index is 0.106. The van der Waals surface area contributed by atoms with Gasteiger partial charge in [0.1, 0.15) is 6.04 Å². The van der Waals surface area contributed by atoms with E-state index in [1.807, 2.05) is 34.6 Å². The molecule has 0 unspecified atom stereocenters. The predicted molar refractivity (Wildman–Crippen MR) is 102 cm³/mol. The van der Waals surface area contributed by atoms with Crippen molar-refractivity contribution in [2.24, 2.45) is 11.3 Å². The summed E-state index contributed by atoms with van der Waals surface area (Å²) in [4.78, 5) is 35.8. The first kappa shape index (κ1) is 22.0. The number of amides is 2. The van der Waals surface area contributed by atoms with Crippen molar-refractivity contribution >= 4 is 35.1 Å². The summed E-state index contributed by atoms with van der Waals surface area (Å²) in [6, 6.07) is 3.55. The third kappa shape index (κ3) is 7.44. The van der Waals surface area contributed by atoms with Gasteiger partial charge in [0.2, 0.25) is 5.91 Å². The molecule has 0 aliphatic heterocycles. The van der Waals surface area contributed by atoms with Crippen molar-refractivity contribution in [2.45, 2.75) is 53.5 Å². The number of halogens is 1. The topological polar surface area (TPSA) is 95.5 Å². The van der Waals surface area contributed by atoms with Crippen LogP contribution in [0.25, 0.3) is 0 Å². The van der Waals surface area contributed by atoms with Crippen LogP contribution in [-0.4, -0.2) is 28.9 Å². The number of aliphatic carboxylic acids is 1. The molecule has 3 N–H and O–H groups in total. The average molecular weight is 383 g/mol. The van der Waals surface area contributed by atoms with Gasteiger partial charge < -0.3 is 15.7 Å². The van der Waals surface area contributed by atoms with E-state index < -0.39 is 17.9 Å². The number of carbonyl (C=O) groups is 3. The Bertz CT molecular complexity index is 681. The molecule has 7 heteroatoms. The highest BCUT2D eigenvalue weighted by Gasteiger charge is 2.23. The van der Waals surface area contributed by atoms with Crippen molar-refractivity contribution in [2.75, 3.05) is 5.32 Å². The maximum Gasteiger partial charge on any atom is 0.326 e. The highest BCUT2D eigenvalue weighted by Crippen LogP contribution is 2.23. The zero-order valence-corrected chi connectivity index (χ0v) is 16.6. The third-order valence-corrected chi connectivity index (χ3v) is 3.83. The molecule has 1 rings (SSSR count). The molecule has 1 aromatic rings. The van der Waals surface area contributed by atoms with Crippen LogP contribution in [-0.2, 0) is 9.59 Å². The number of hydrogen-bond donors (Lipinski definition) is 3. The molecule has 26 heavy (non-hydrogen) atoms. The fourth-order valence-electron chi connectivity index (χ4n) is 2.39. The highest BCUT2D eigenvalue weighted by atomic mass is 35.5. The number of nitrogens with one attached hydrogen (secondary N) is 2. The lowest BCUT2D eigenvalue weighted by Crippen LogP contribution is -2.41. The van der Waals surface area contributed by atoms with Gasteiger partial charge in [-0.3, -0.25) is 9.59 Å². The van der Waals surface area contributed by atoms with Crippen LogP contribution in [0, 0.1) is 11.3 Å². The van der Waals surface area contributed by atoms with Crippen LogP contribution in [0.1, 0.15) is 57.8 Å². The molecular weight excluding hydrogens is 356 g/mol. The molecule has 0 aliphatic rings. The summed E-state index contributed by atoms with van der Waals surface area (Å²) in [5.41, 5.74) is 0.391. The molecule has 0 saturated heterocycles. The summed E-state index contributed by atoms with van der Waals surface area (Å²) in [5.74, 6) is -1.75. The van der Waals surface area contributed by atoms with Gasteiger partial charge in [0.15, 0.2) is 0 Å². The second-order valence-corrected chi connectivity index (χ2v) is 8.38. The normalized spacial score (nSPS) is 12.6. The first-order valence-corrected chi connectivity index (χ1v) is 8.90. The van der Waals surface area contributed by atoms with Gasteiger partial charge in [-0.25, -0.2) is 4.79 Å². The minimum atomic E-state index is -1.10. The van der Waals surface area contributed by atoms with Gasteiger partial charge in [0.25, 0.3) is 5.91 Å². The van der Waals surface area contributed by atoms with Crippen LogP contribution in [0.15, 0.2) is 18.2 Å². The van der Waals surface area contributed by atoms with Crippen molar-refractivity contribution in [3.05, 3.63) is 28.8 Å². The number of hydrogen-bond acceptors (Lipinski definition) is 3. The fraction of sp³-hybridized carbons (Fsp3) is 0.526. The van der Waals surface area contributed by atoms with Gasteiger partial charge >= 0.3 is 5.97 Å². The molecule has 1 aromatic carbocycles. The van der Waals surface area contributed by atoms with Crippen LogP contribution in [0.3, 0.4) is 0 Å². The Morgan fingerprint density at radius 3 is 2.31 bits per heavy atom. The maximum atomic E-state index is 12.5. The van der Waals surface area contributed by atoms with E-state index in [1.54, 1.807) is 6.07 Å².